The number of β-amino-alcohol motifs (C(OH)–C–C–N with tert-alkyl or cyclic N) is 1. The molecular weight excluding hydrogens is 252 g/mol. The lowest BCUT2D eigenvalue weighted by Gasteiger charge is -2.33. The maximum Gasteiger partial charge on any atom is 0.152 e. The molecule has 1 aliphatic rings. The van der Waals surface area contributed by atoms with E-state index in [2.05, 4.69) is 20.4 Å². The average Bonchev–Trinajstić information content (AvgIpc) is 2.34. The number of nitrogens with zero attached hydrogens (tertiary/aromatic N) is 3. The number of piperidine rings is 1. The summed E-state index contributed by atoms with van der Waals surface area (Å²) in [5, 5.41) is 20.7. The largest absolute Gasteiger partial charge is 0.395 e. The smallest absolute Gasteiger partial charge is 0.152 e. The lowest BCUT2D eigenvalue weighted by atomic mass is 10.1. The summed E-state index contributed by atoms with van der Waals surface area (Å²) in [6.45, 7) is 4.92. The van der Waals surface area contributed by atoms with Gasteiger partial charge >= 0.3 is 0 Å². The molecule has 1 atom stereocenters. The first kappa shape index (κ1) is 13.5. The molecule has 5 nitrogen and oxygen atoms in total. The number of anilines is 1. The fourth-order valence-corrected chi connectivity index (χ4v) is 2.51. The normalized spacial score (nSPS) is 20.9. The van der Waals surface area contributed by atoms with Gasteiger partial charge in [-0.3, -0.25) is 4.90 Å². The van der Waals surface area contributed by atoms with E-state index in [1.165, 1.54) is 0 Å². The van der Waals surface area contributed by atoms with Gasteiger partial charge < -0.3 is 10.4 Å². The first-order valence-electron chi connectivity index (χ1n) is 6.28. The second-order valence-electron chi connectivity index (χ2n) is 4.71. The topological polar surface area (TPSA) is 61.3 Å². The average molecular weight is 271 g/mol. The molecule has 0 spiro atoms. The van der Waals surface area contributed by atoms with Crippen LogP contribution in [0.3, 0.4) is 0 Å². The van der Waals surface area contributed by atoms with Crippen LogP contribution < -0.4 is 5.32 Å². The SMILES string of the molecule is Cc1cc(Cl)nnc1NC1CCCN(CCO)C1. The third-order valence-electron chi connectivity index (χ3n) is 3.22. The Morgan fingerprint density at radius 3 is 3.11 bits per heavy atom. The lowest BCUT2D eigenvalue weighted by Crippen LogP contribution is -2.43. The first-order chi connectivity index (χ1) is 8.69. The van der Waals surface area contributed by atoms with Crippen LogP contribution in [-0.4, -0.2) is 52.5 Å². The Hall–Kier alpha value is -0.910. The molecule has 0 bridgehead atoms. The van der Waals surface area contributed by atoms with Crippen LogP contribution in [0.1, 0.15) is 18.4 Å². The fraction of sp³-hybridized carbons (Fsp3) is 0.667. The van der Waals surface area contributed by atoms with Gasteiger partial charge in [0.15, 0.2) is 11.0 Å². The summed E-state index contributed by atoms with van der Waals surface area (Å²) in [5.74, 6) is 0.801. The number of nitrogens with one attached hydrogen (secondary N) is 1. The van der Waals surface area contributed by atoms with Crippen molar-refractivity contribution in [3.63, 3.8) is 0 Å². The van der Waals surface area contributed by atoms with Crippen molar-refractivity contribution in [3.05, 3.63) is 16.8 Å². The predicted octanol–water partition coefficient (Wildman–Crippen LogP) is 1.31. The van der Waals surface area contributed by atoms with Crippen LogP contribution in [0.5, 0.6) is 0 Å². The van der Waals surface area contributed by atoms with E-state index in [0.29, 0.717) is 11.2 Å². The molecule has 0 aromatic carbocycles. The second-order valence-corrected chi connectivity index (χ2v) is 5.09. The van der Waals surface area contributed by atoms with Gasteiger partial charge in [0.05, 0.1) is 6.61 Å². The van der Waals surface area contributed by atoms with Crippen LogP contribution in [0.4, 0.5) is 5.82 Å². The minimum atomic E-state index is 0.215. The highest BCUT2D eigenvalue weighted by Gasteiger charge is 2.20. The molecule has 0 amide bonds. The maximum absolute atomic E-state index is 8.97. The third kappa shape index (κ3) is 3.54. The molecule has 2 rings (SSSR count). The van der Waals surface area contributed by atoms with Gasteiger partial charge in [0, 0.05) is 19.1 Å². The summed E-state index contributed by atoms with van der Waals surface area (Å²) in [6.07, 6.45) is 2.25. The molecule has 1 saturated heterocycles. The second kappa shape index (κ2) is 6.31. The molecule has 1 fully saturated rings. The zero-order chi connectivity index (χ0) is 13.0. The van der Waals surface area contributed by atoms with E-state index < -0.39 is 0 Å². The minimum Gasteiger partial charge on any atom is -0.395 e. The van der Waals surface area contributed by atoms with Crippen LogP contribution in [0.25, 0.3) is 0 Å². The third-order valence-corrected chi connectivity index (χ3v) is 3.40. The molecule has 100 valence electrons. The molecule has 0 aliphatic carbocycles. The van der Waals surface area contributed by atoms with Gasteiger partial charge in [0.2, 0.25) is 0 Å². The molecule has 6 heteroatoms. The van der Waals surface area contributed by atoms with Crippen molar-refractivity contribution in [1.29, 1.82) is 0 Å². The fourth-order valence-electron chi connectivity index (χ4n) is 2.31. The summed E-state index contributed by atoms with van der Waals surface area (Å²) in [6, 6.07) is 2.17. The van der Waals surface area contributed by atoms with E-state index in [-0.39, 0.29) is 6.61 Å². The van der Waals surface area contributed by atoms with Crippen molar-refractivity contribution >= 4 is 17.4 Å². The van der Waals surface area contributed by atoms with Crippen molar-refractivity contribution in [2.75, 3.05) is 31.6 Å². The molecule has 1 aliphatic heterocycles. The number of rotatable bonds is 4. The van der Waals surface area contributed by atoms with E-state index in [1.807, 2.05) is 13.0 Å². The number of likely N-dealkylation sites (tertiary alicyclic amines) is 1. The Bertz CT molecular complexity index is 400. The number of aliphatic hydroxyl groups is 1. The summed E-state index contributed by atoms with van der Waals surface area (Å²) in [5.41, 5.74) is 1.01. The van der Waals surface area contributed by atoms with Gasteiger partial charge in [-0.25, -0.2) is 0 Å². The molecule has 1 unspecified atom stereocenters. The van der Waals surface area contributed by atoms with Gasteiger partial charge in [-0.2, -0.15) is 0 Å². The zero-order valence-electron chi connectivity index (χ0n) is 10.6. The van der Waals surface area contributed by atoms with Crippen LogP contribution in [0.2, 0.25) is 5.15 Å². The Balaban J connectivity index is 1.96. The molecule has 1 aromatic rings. The van der Waals surface area contributed by atoms with Crippen molar-refractivity contribution in [2.24, 2.45) is 0 Å². The number of halogens is 1. The number of hydrogen-bond donors (Lipinski definition) is 2. The van der Waals surface area contributed by atoms with Crippen LogP contribution in [-0.2, 0) is 0 Å². The van der Waals surface area contributed by atoms with E-state index >= 15 is 0 Å². The minimum absolute atomic E-state index is 0.215. The van der Waals surface area contributed by atoms with E-state index in [0.717, 1.165) is 43.9 Å². The van der Waals surface area contributed by atoms with Crippen molar-refractivity contribution in [3.8, 4) is 0 Å². The van der Waals surface area contributed by atoms with Crippen LogP contribution >= 0.6 is 11.6 Å². The van der Waals surface area contributed by atoms with Crippen molar-refractivity contribution < 1.29 is 5.11 Å². The van der Waals surface area contributed by atoms with Crippen LogP contribution in [0.15, 0.2) is 6.07 Å². The van der Waals surface area contributed by atoms with Crippen molar-refractivity contribution in [1.82, 2.24) is 15.1 Å². The summed E-state index contributed by atoms with van der Waals surface area (Å²) in [7, 11) is 0. The summed E-state index contributed by atoms with van der Waals surface area (Å²) < 4.78 is 0. The van der Waals surface area contributed by atoms with E-state index in [4.69, 9.17) is 16.7 Å². The Morgan fingerprint density at radius 1 is 1.56 bits per heavy atom. The molecule has 2 heterocycles. The summed E-state index contributed by atoms with van der Waals surface area (Å²) >= 11 is 5.79. The monoisotopic (exact) mass is 270 g/mol. The van der Waals surface area contributed by atoms with Gasteiger partial charge in [0.25, 0.3) is 0 Å². The Labute approximate surface area is 112 Å². The highest BCUT2D eigenvalue weighted by molar-refractivity contribution is 6.29. The summed E-state index contributed by atoms with van der Waals surface area (Å²) in [4.78, 5) is 2.26. The van der Waals surface area contributed by atoms with Gasteiger partial charge in [-0.15, -0.1) is 10.2 Å². The number of aromatic nitrogens is 2. The zero-order valence-corrected chi connectivity index (χ0v) is 11.3. The molecule has 0 saturated carbocycles. The molecule has 1 aromatic heterocycles. The Morgan fingerprint density at radius 2 is 2.39 bits per heavy atom. The maximum atomic E-state index is 8.97. The van der Waals surface area contributed by atoms with E-state index in [9.17, 15) is 0 Å². The van der Waals surface area contributed by atoms with E-state index in [1.54, 1.807) is 0 Å². The van der Waals surface area contributed by atoms with Crippen molar-refractivity contribution in [2.45, 2.75) is 25.8 Å². The Kier molecular flexibility index (Phi) is 4.74. The number of hydrogen-bond acceptors (Lipinski definition) is 5. The quantitative estimate of drug-likeness (QED) is 0.864. The van der Waals surface area contributed by atoms with Gasteiger partial charge in [0.1, 0.15) is 0 Å². The highest BCUT2D eigenvalue weighted by atomic mass is 35.5. The van der Waals surface area contributed by atoms with Gasteiger partial charge in [-0.1, -0.05) is 11.6 Å². The van der Waals surface area contributed by atoms with Gasteiger partial charge in [-0.05, 0) is 37.9 Å². The predicted molar refractivity (Wildman–Crippen MR) is 71.9 cm³/mol. The highest BCUT2D eigenvalue weighted by Crippen LogP contribution is 2.18. The molecule has 18 heavy (non-hydrogen) atoms. The molecular formula is C12H19ClN4O. The molecule has 0 radical (unpaired) electrons. The number of aryl methyl sites for hydroxylation is 1. The lowest BCUT2D eigenvalue weighted by molar-refractivity contribution is 0.166. The van der Waals surface area contributed by atoms with Crippen LogP contribution in [0, 0.1) is 6.92 Å². The standard InChI is InChI=1S/C12H19ClN4O/c1-9-7-11(13)15-16-12(9)14-10-3-2-4-17(8-10)5-6-18/h7,10,18H,2-6,8H2,1H3,(H,14,16). The number of aliphatic hydroxyl groups excluding tert-OH is 1. The molecule has 2 N–H and O–H groups in total. The first-order valence-corrected chi connectivity index (χ1v) is 6.66.